The Morgan fingerprint density at radius 3 is 2.33 bits per heavy atom. The van der Waals surface area contributed by atoms with E-state index < -0.39 is 5.92 Å². The average Bonchev–Trinajstić information content (AvgIpc) is 2.94. The summed E-state index contributed by atoms with van der Waals surface area (Å²) in [7, 11) is 1.54. The van der Waals surface area contributed by atoms with Crippen LogP contribution >= 0.6 is 0 Å². The highest BCUT2D eigenvalue weighted by Crippen LogP contribution is 2.30. The van der Waals surface area contributed by atoms with E-state index in [0.717, 1.165) is 41.2 Å². The van der Waals surface area contributed by atoms with Gasteiger partial charge >= 0.3 is 5.97 Å². The molecule has 0 aliphatic rings. The molecule has 1 atom stereocenters. The van der Waals surface area contributed by atoms with Gasteiger partial charge in [0.25, 0.3) is 0 Å². The Labute approximate surface area is 234 Å². The fourth-order valence-corrected chi connectivity index (χ4v) is 4.10. The number of esters is 1. The highest BCUT2D eigenvalue weighted by molar-refractivity contribution is 5.87. The molecule has 0 aliphatic carbocycles. The van der Waals surface area contributed by atoms with Gasteiger partial charge in [-0.1, -0.05) is 87.9 Å². The lowest BCUT2D eigenvalue weighted by molar-refractivity contribution is -0.135. The number of unbranched alkanes of at least 4 members (excludes halogenated alkanes) is 2. The second-order valence-corrected chi connectivity index (χ2v) is 9.93. The van der Waals surface area contributed by atoms with E-state index in [-0.39, 0.29) is 11.9 Å². The Kier molecular flexibility index (Phi) is 13.3. The van der Waals surface area contributed by atoms with E-state index in [9.17, 15) is 9.59 Å². The molecular formula is C34H45NO4. The largest absolute Gasteiger partial charge is 0.493 e. The topological polar surface area (TPSA) is 64.6 Å². The lowest BCUT2D eigenvalue weighted by Gasteiger charge is -2.15. The minimum absolute atomic E-state index is 0.0293. The molecule has 0 fully saturated rings. The van der Waals surface area contributed by atoms with Gasteiger partial charge in [-0.3, -0.25) is 9.59 Å². The Morgan fingerprint density at radius 2 is 1.62 bits per heavy atom. The van der Waals surface area contributed by atoms with Crippen LogP contribution in [-0.2, 0) is 16.1 Å². The predicted octanol–water partition coefficient (Wildman–Crippen LogP) is 8.28. The molecule has 39 heavy (non-hydrogen) atoms. The SMILES string of the molecule is CC.COc1cc(CNC(=O)CCCC/C=C/C(C)C)ccc1OC(=O)C(C)c1ccc2cc(C)ccc2c1. The first kappa shape index (κ1) is 31.6. The lowest BCUT2D eigenvalue weighted by atomic mass is 9.97. The number of hydrogen-bond donors (Lipinski definition) is 1. The van der Waals surface area contributed by atoms with Gasteiger partial charge in [0.1, 0.15) is 0 Å². The molecule has 0 aliphatic heterocycles. The van der Waals surface area contributed by atoms with Crippen LogP contribution in [0.3, 0.4) is 0 Å². The first-order valence-corrected chi connectivity index (χ1v) is 14.1. The van der Waals surface area contributed by atoms with E-state index in [1.165, 1.54) is 12.7 Å². The van der Waals surface area contributed by atoms with Crippen molar-refractivity contribution in [2.75, 3.05) is 7.11 Å². The summed E-state index contributed by atoms with van der Waals surface area (Å²) < 4.78 is 11.2. The van der Waals surface area contributed by atoms with Crippen LogP contribution in [0.2, 0.25) is 0 Å². The van der Waals surface area contributed by atoms with Crippen LogP contribution < -0.4 is 14.8 Å². The molecule has 1 N–H and O–H groups in total. The maximum Gasteiger partial charge on any atom is 0.318 e. The van der Waals surface area contributed by atoms with Gasteiger partial charge in [0, 0.05) is 13.0 Å². The Hall–Kier alpha value is -3.60. The van der Waals surface area contributed by atoms with E-state index >= 15 is 0 Å². The number of carbonyl (C=O) groups is 2. The smallest absolute Gasteiger partial charge is 0.318 e. The van der Waals surface area contributed by atoms with Crippen molar-refractivity contribution in [1.82, 2.24) is 5.32 Å². The molecule has 0 saturated heterocycles. The van der Waals surface area contributed by atoms with E-state index in [0.29, 0.717) is 30.4 Å². The summed E-state index contributed by atoms with van der Waals surface area (Å²) in [6.45, 7) is 12.6. The number of fused-ring (bicyclic) bond motifs is 1. The Bertz CT molecular complexity index is 1250. The molecule has 0 bridgehead atoms. The third kappa shape index (κ3) is 10.2. The Balaban J connectivity index is 0.00000260. The maximum atomic E-state index is 12.9. The van der Waals surface area contributed by atoms with E-state index in [4.69, 9.17) is 9.47 Å². The van der Waals surface area contributed by atoms with E-state index in [1.54, 1.807) is 12.1 Å². The number of aryl methyl sites for hydroxylation is 1. The molecule has 0 aromatic heterocycles. The lowest BCUT2D eigenvalue weighted by Crippen LogP contribution is -2.22. The number of rotatable bonds is 12. The summed E-state index contributed by atoms with van der Waals surface area (Å²) >= 11 is 0. The summed E-state index contributed by atoms with van der Waals surface area (Å²) in [4.78, 5) is 25.1. The normalized spacial score (nSPS) is 11.7. The van der Waals surface area contributed by atoms with Crippen molar-refractivity contribution >= 4 is 22.6 Å². The first-order chi connectivity index (χ1) is 18.8. The van der Waals surface area contributed by atoms with Crippen LogP contribution in [0.1, 0.15) is 82.9 Å². The second kappa shape index (κ2) is 16.4. The van der Waals surface area contributed by atoms with Crippen LogP contribution in [0.4, 0.5) is 0 Å². The minimum Gasteiger partial charge on any atom is -0.493 e. The van der Waals surface area contributed by atoms with Gasteiger partial charge < -0.3 is 14.8 Å². The number of benzene rings is 3. The van der Waals surface area contributed by atoms with Crippen LogP contribution in [0.5, 0.6) is 11.5 Å². The maximum absolute atomic E-state index is 12.9. The zero-order valence-electron chi connectivity index (χ0n) is 24.7. The highest BCUT2D eigenvalue weighted by atomic mass is 16.6. The number of allylic oxidation sites excluding steroid dienone is 2. The first-order valence-electron chi connectivity index (χ1n) is 14.1. The van der Waals surface area contributed by atoms with Crippen molar-refractivity contribution in [1.29, 1.82) is 0 Å². The van der Waals surface area contributed by atoms with Crippen molar-refractivity contribution in [3.05, 3.63) is 83.4 Å². The summed E-state index contributed by atoms with van der Waals surface area (Å²) in [6.07, 6.45) is 7.76. The van der Waals surface area contributed by atoms with Gasteiger partial charge in [-0.05, 0) is 73.1 Å². The van der Waals surface area contributed by atoms with Crippen molar-refractivity contribution in [2.24, 2.45) is 5.92 Å². The summed E-state index contributed by atoms with van der Waals surface area (Å²) in [5.41, 5.74) is 2.98. The number of carbonyl (C=O) groups excluding carboxylic acids is 2. The molecule has 0 heterocycles. The Morgan fingerprint density at radius 1 is 0.897 bits per heavy atom. The fourth-order valence-electron chi connectivity index (χ4n) is 4.10. The quantitative estimate of drug-likeness (QED) is 0.111. The fraction of sp³-hybridized carbons (Fsp3) is 0.412. The third-order valence-corrected chi connectivity index (χ3v) is 6.35. The molecule has 3 aromatic rings. The molecule has 1 amide bonds. The van der Waals surface area contributed by atoms with Crippen LogP contribution in [0.15, 0.2) is 66.7 Å². The summed E-state index contributed by atoms with van der Waals surface area (Å²) in [5.74, 6) is 0.622. The summed E-state index contributed by atoms with van der Waals surface area (Å²) in [6, 6.07) is 17.7. The van der Waals surface area contributed by atoms with Gasteiger partial charge in [0.05, 0.1) is 13.0 Å². The minimum atomic E-state index is -0.435. The van der Waals surface area contributed by atoms with Crippen molar-refractivity contribution < 1.29 is 19.1 Å². The van der Waals surface area contributed by atoms with Gasteiger partial charge in [-0.15, -0.1) is 0 Å². The molecule has 5 nitrogen and oxygen atoms in total. The number of methoxy groups -OCH3 is 1. The van der Waals surface area contributed by atoms with E-state index in [2.05, 4.69) is 56.4 Å². The monoisotopic (exact) mass is 531 g/mol. The predicted molar refractivity (Wildman–Crippen MR) is 161 cm³/mol. The molecule has 0 radical (unpaired) electrons. The standard InChI is InChI=1S/C32H39NO4.C2H6/c1-22(2)10-8-6-7-9-11-31(34)33-21-25-13-17-29(30(19-25)36-5)37-32(35)24(4)26-15-16-27-18-23(3)12-14-28(27)20-26;1-2/h8,10,12-20,22,24H,6-7,9,11,21H2,1-5H3,(H,33,34);1-2H3/b10-8+;. The molecule has 0 spiro atoms. The number of amides is 1. The zero-order valence-corrected chi connectivity index (χ0v) is 24.7. The summed E-state index contributed by atoms with van der Waals surface area (Å²) in [5, 5.41) is 5.20. The molecule has 3 rings (SSSR count). The highest BCUT2D eigenvalue weighted by Gasteiger charge is 2.20. The van der Waals surface area contributed by atoms with Crippen molar-refractivity contribution in [2.45, 2.75) is 79.7 Å². The number of nitrogens with one attached hydrogen (secondary N) is 1. The van der Waals surface area contributed by atoms with Crippen LogP contribution in [0, 0.1) is 12.8 Å². The van der Waals surface area contributed by atoms with Gasteiger partial charge in [-0.2, -0.15) is 0 Å². The van der Waals surface area contributed by atoms with Gasteiger partial charge in [0.15, 0.2) is 11.5 Å². The van der Waals surface area contributed by atoms with Crippen molar-refractivity contribution in [3.8, 4) is 11.5 Å². The third-order valence-electron chi connectivity index (χ3n) is 6.35. The molecule has 0 saturated carbocycles. The number of hydrogen-bond acceptors (Lipinski definition) is 4. The van der Waals surface area contributed by atoms with Crippen LogP contribution in [-0.4, -0.2) is 19.0 Å². The molecule has 3 aromatic carbocycles. The average molecular weight is 532 g/mol. The van der Waals surface area contributed by atoms with E-state index in [1.807, 2.05) is 45.0 Å². The van der Waals surface area contributed by atoms with Gasteiger partial charge in [0.2, 0.25) is 5.91 Å². The van der Waals surface area contributed by atoms with Gasteiger partial charge in [-0.25, -0.2) is 0 Å². The molecular weight excluding hydrogens is 486 g/mol. The van der Waals surface area contributed by atoms with Crippen molar-refractivity contribution in [3.63, 3.8) is 0 Å². The zero-order chi connectivity index (χ0) is 28.8. The molecule has 5 heteroatoms. The van der Waals surface area contributed by atoms with Crippen LogP contribution in [0.25, 0.3) is 10.8 Å². The molecule has 1 unspecified atom stereocenters. The number of ether oxygens (including phenoxy) is 2. The second-order valence-electron chi connectivity index (χ2n) is 9.93. The molecule has 210 valence electrons.